The van der Waals surface area contributed by atoms with Crippen LogP contribution >= 0.6 is 19.5 Å². The Morgan fingerprint density at radius 3 is 2.75 bits per heavy atom. The Balaban J connectivity index is 1.50. The Kier molecular flexibility index (Phi) is 10.3. The first kappa shape index (κ1) is 33.8. The third-order valence-corrected chi connectivity index (χ3v) is 9.64. The van der Waals surface area contributed by atoms with E-state index in [1.54, 1.807) is 13.8 Å². The molecule has 1 unspecified atom stereocenters. The standard InChI is InChI=1S/C27H34FN6O8PS/c1-5-27(28)20(36)18(42-23(27)34-15-30-19-21(34)32-25(29)33-22(19)37)13-41-43(39,31-12-17-8-6-16(2)7-9-17)40-10-11-44-24(38)26(3,4)14-35/h1,6-9,15,18,20,23,35-36H,10-14H2,2-4H3,(H,31,39)(H3,29,32,33,37)/t18-,20-,23-,27-,43?/m1/s1. The first-order chi connectivity index (χ1) is 20.7. The lowest BCUT2D eigenvalue weighted by Crippen LogP contribution is -2.42. The minimum absolute atomic E-state index is 0.0674. The Bertz CT molecular complexity index is 1640. The fourth-order valence-electron chi connectivity index (χ4n) is 4.17. The molecule has 3 aromatic rings. The van der Waals surface area contributed by atoms with Gasteiger partial charge in [-0.1, -0.05) is 47.5 Å². The van der Waals surface area contributed by atoms with Crippen molar-refractivity contribution in [3.8, 4) is 12.3 Å². The van der Waals surface area contributed by atoms with Gasteiger partial charge >= 0.3 is 7.75 Å². The predicted octanol–water partition coefficient (Wildman–Crippen LogP) is 1.82. The Morgan fingerprint density at radius 2 is 2.09 bits per heavy atom. The molecule has 17 heteroatoms. The number of imidazole rings is 1. The average Bonchev–Trinajstić information content (AvgIpc) is 3.52. The number of aryl methyl sites for hydroxylation is 1. The zero-order chi connectivity index (χ0) is 32.3. The van der Waals surface area contributed by atoms with Crippen LogP contribution < -0.4 is 16.4 Å². The molecule has 0 bridgehead atoms. The average molecular weight is 653 g/mol. The SMILES string of the molecule is C#C[C@@]1(F)[C@H](O)[C@@H](COP(=O)(NCc2ccc(C)cc2)OCCSC(=O)C(C)(C)CO)O[C@H]1n1cnc2c(=O)[nH]c(N)nc21. The summed E-state index contributed by atoms with van der Waals surface area (Å²) in [4.78, 5) is 34.7. The van der Waals surface area contributed by atoms with E-state index in [-0.39, 0.29) is 47.7 Å². The van der Waals surface area contributed by atoms with E-state index in [9.17, 15) is 24.4 Å². The molecule has 0 saturated carbocycles. The number of hydrogen-bond acceptors (Lipinski definition) is 12. The van der Waals surface area contributed by atoms with Crippen molar-refractivity contribution in [3.63, 3.8) is 0 Å². The number of fused-ring (bicyclic) bond motifs is 1. The van der Waals surface area contributed by atoms with Crippen LogP contribution in [-0.2, 0) is 29.7 Å². The molecule has 44 heavy (non-hydrogen) atoms. The number of thioether (sulfide) groups is 1. The first-order valence-corrected chi connectivity index (χ1v) is 16.0. The summed E-state index contributed by atoms with van der Waals surface area (Å²) in [6.07, 6.45) is 1.45. The van der Waals surface area contributed by atoms with Gasteiger partial charge in [-0.3, -0.25) is 28.2 Å². The summed E-state index contributed by atoms with van der Waals surface area (Å²) < 4.78 is 47.8. The molecule has 0 radical (unpaired) electrons. The van der Waals surface area contributed by atoms with Crippen LogP contribution in [0.25, 0.3) is 11.2 Å². The van der Waals surface area contributed by atoms with Crippen LogP contribution in [0.4, 0.5) is 10.3 Å². The van der Waals surface area contributed by atoms with Crippen molar-refractivity contribution in [1.82, 2.24) is 24.6 Å². The van der Waals surface area contributed by atoms with E-state index >= 15 is 4.39 Å². The van der Waals surface area contributed by atoms with Crippen molar-refractivity contribution < 1.29 is 37.7 Å². The highest BCUT2D eigenvalue weighted by Crippen LogP contribution is 2.47. The minimum atomic E-state index is -4.15. The van der Waals surface area contributed by atoms with E-state index in [0.29, 0.717) is 0 Å². The van der Waals surface area contributed by atoms with Crippen LogP contribution in [-0.4, -0.2) is 78.3 Å². The molecular weight excluding hydrogens is 618 g/mol. The summed E-state index contributed by atoms with van der Waals surface area (Å²) in [5, 5.41) is 22.8. The number of anilines is 1. The maximum absolute atomic E-state index is 16.1. The second-order valence-corrected chi connectivity index (χ2v) is 13.7. The second-order valence-electron chi connectivity index (χ2n) is 10.8. The number of halogens is 1. The highest BCUT2D eigenvalue weighted by molar-refractivity contribution is 8.13. The van der Waals surface area contributed by atoms with E-state index in [1.165, 1.54) is 0 Å². The molecule has 4 rings (SSSR count). The number of alkyl halides is 1. The molecule has 5 atom stereocenters. The van der Waals surface area contributed by atoms with Crippen LogP contribution in [0.3, 0.4) is 0 Å². The molecule has 1 aromatic carbocycles. The number of nitrogen functional groups attached to an aromatic ring is 1. The summed E-state index contributed by atoms with van der Waals surface area (Å²) in [6, 6.07) is 7.37. The lowest BCUT2D eigenvalue weighted by Gasteiger charge is -2.24. The normalized spacial score (nSPS) is 23.4. The van der Waals surface area contributed by atoms with E-state index in [4.69, 9.17) is 25.9 Å². The summed E-state index contributed by atoms with van der Waals surface area (Å²) in [5.74, 6) is 1.75. The summed E-state index contributed by atoms with van der Waals surface area (Å²) in [7, 11) is -4.15. The highest BCUT2D eigenvalue weighted by atomic mass is 32.2. The molecule has 238 valence electrons. The molecule has 0 aliphatic carbocycles. The number of terminal acetylenes is 1. The van der Waals surface area contributed by atoms with Crippen LogP contribution in [0.1, 0.15) is 31.2 Å². The number of aromatic nitrogens is 4. The van der Waals surface area contributed by atoms with Crippen molar-refractivity contribution in [2.45, 2.75) is 51.4 Å². The number of aromatic amines is 1. The molecular formula is C27H34FN6O8PS. The Hall–Kier alpha value is -3.13. The summed E-state index contributed by atoms with van der Waals surface area (Å²) in [5.41, 5.74) is 2.66. The summed E-state index contributed by atoms with van der Waals surface area (Å²) in [6.45, 7) is 4.02. The van der Waals surface area contributed by atoms with E-state index in [1.807, 2.05) is 37.1 Å². The zero-order valence-electron chi connectivity index (χ0n) is 24.2. The molecule has 14 nitrogen and oxygen atoms in total. The van der Waals surface area contributed by atoms with E-state index in [2.05, 4.69) is 20.0 Å². The molecule has 1 fully saturated rings. The molecule has 2 aromatic heterocycles. The Morgan fingerprint density at radius 1 is 1.39 bits per heavy atom. The van der Waals surface area contributed by atoms with Crippen molar-refractivity contribution in [2.75, 3.05) is 31.3 Å². The maximum atomic E-state index is 16.1. The number of nitrogens with one attached hydrogen (secondary N) is 2. The van der Waals surface area contributed by atoms with Gasteiger partial charge in [0.05, 0.1) is 31.6 Å². The van der Waals surface area contributed by atoms with Crippen molar-refractivity contribution in [3.05, 3.63) is 52.1 Å². The molecule has 0 spiro atoms. The van der Waals surface area contributed by atoms with E-state index in [0.717, 1.165) is 33.8 Å². The van der Waals surface area contributed by atoms with Gasteiger partial charge in [-0.15, -0.1) is 6.42 Å². The Labute approximate surface area is 256 Å². The van der Waals surface area contributed by atoms with E-state index < -0.39 is 49.4 Å². The maximum Gasteiger partial charge on any atom is 0.405 e. The third-order valence-electron chi connectivity index (χ3n) is 6.90. The van der Waals surface area contributed by atoms with Gasteiger partial charge in [0.1, 0.15) is 12.2 Å². The molecule has 1 aliphatic rings. The number of benzene rings is 1. The van der Waals surface area contributed by atoms with Crippen LogP contribution in [0, 0.1) is 24.7 Å². The number of nitrogens with zero attached hydrogens (tertiary/aromatic N) is 3. The lowest BCUT2D eigenvalue weighted by atomic mass is 9.97. The molecule has 6 N–H and O–H groups in total. The highest BCUT2D eigenvalue weighted by Gasteiger charge is 2.58. The number of aliphatic hydroxyl groups excluding tert-OH is 2. The largest absolute Gasteiger partial charge is 0.405 e. The number of H-pyrrole nitrogens is 1. The second kappa shape index (κ2) is 13.5. The number of rotatable bonds is 13. The zero-order valence-corrected chi connectivity index (χ0v) is 25.9. The number of nitrogens with two attached hydrogens (primary N) is 1. The van der Waals surface area contributed by atoms with Gasteiger partial charge in [0.15, 0.2) is 22.5 Å². The number of ether oxygens (including phenoxy) is 1. The van der Waals surface area contributed by atoms with Gasteiger partial charge in [0.2, 0.25) is 11.6 Å². The number of hydrogen-bond donors (Lipinski definition) is 5. The third kappa shape index (κ3) is 7.22. The van der Waals surface area contributed by atoms with Gasteiger partial charge < -0.3 is 20.7 Å². The van der Waals surface area contributed by atoms with Crippen molar-refractivity contribution >= 4 is 41.7 Å². The first-order valence-electron chi connectivity index (χ1n) is 13.4. The summed E-state index contributed by atoms with van der Waals surface area (Å²) >= 11 is 0.900. The minimum Gasteiger partial charge on any atom is -0.395 e. The lowest BCUT2D eigenvalue weighted by molar-refractivity contribution is -0.119. The van der Waals surface area contributed by atoms with Gasteiger partial charge in [-0.2, -0.15) is 4.98 Å². The number of carbonyl (C=O) groups is 1. The predicted molar refractivity (Wildman–Crippen MR) is 161 cm³/mol. The molecule has 0 amide bonds. The number of carbonyl (C=O) groups excluding carboxylic acids is 1. The van der Waals surface area contributed by atoms with Crippen LogP contribution in [0.15, 0.2) is 35.4 Å². The van der Waals surface area contributed by atoms with Crippen molar-refractivity contribution in [1.29, 1.82) is 0 Å². The van der Waals surface area contributed by atoms with Gasteiger partial charge in [0.25, 0.3) is 5.56 Å². The fraction of sp³-hybridized carbons (Fsp3) is 0.481. The fourth-order valence-corrected chi connectivity index (χ4v) is 6.41. The molecule has 1 aliphatic heterocycles. The van der Waals surface area contributed by atoms with Gasteiger partial charge in [-0.25, -0.2) is 19.0 Å². The topological polar surface area (TPSA) is 204 Å². The number of aliphatic hydroxyl groups is 2. The van der Waals surface area contributed by atoms with Gasteiger partial charge in [-0.05, 0) is 26.3 Å². The smallest absolute Gasteiger partial charge is 0.395 e. The quantitative estimate of drug-likeness (QED) is 0.102. The molecule has 3 heterocycles. The van der Waals surface area contributed by atoms with Gasteiger partial charge in [0, 0.05) is 12.3 Å². The van der Waals surface area contributed by atoms with Crippen LogP contribution in [0.5, 0.6) is 0 Å². The van der Waals surface area contributed by atoms with Crippen molar-refractivity contribution in [2.24, 2.45) is 5.41 Å². The van der Waals surface area contributed by atoms with Crippen LogP contribution in [0.2, 0.25) is 0 Å². The molecule has 1 saturated heterocycles. The monoisotopic (exact) mass is 652 g/mol.